The highest BCUT2D eigenvalue weighted by Gasteiger charge is 2.27. The highest BCUT2D eigenvalue weighted by Crippen LogP contribution is 2.15. The summed E-state index contributed by atoms with van der Waals surface area (Å²) in [5.74, 6) is 5.46. The summed E-state index contributed by atoms with van der Waals surface area (Å²) >= 11 is 0. The Hall–Kier alpha value is -1.34. The maximum atomic E-state index is 11.7. The molecule has 0 atom stereocenters. The molecule has 0 radical (unpaired) electrons. The molecule has 1 heterocycles. The van der Waals surface area contributed by atoms with Crippen LogP contribution in [-0.2, 0) is 11.3 Å². The second-order valence-corrected chi connectivity index (χ2v) is 2.77. The van der Waals surface area contributed by atoms with E-state index in [0.717, 1.165) is 0 Å². The number of anilines is 1. The summed E-state index contributed by atoms with van der Waals surface area (Å²) in [6.45, 7) is -1.48. The number of hydrogen-bond acceptors (Lipinski definition) is 4. The molecule has 1 aromatic rings. The van der Waals surface area contributed by atoms with Gasteiger partial charge in [0.25, 0.3) is 0 Å². The lowest BCUT2D eigenvalue weighted by Crippen LogP contribution is -2.17. The number of pyridine rings is 1. The van der Waals surface area contributed by atoms with E-state index in [1.807, 2.05) is 0 Å². The minimum Gasteiger partial charge on any atom is -0.366 e. The van der Waals surface area contributed by atoms with Gasteiger partial charge in [0, 0.05) is 0 Å². The summed E-state index contributed by atoms with van der Waals surface area (Å²) in [6, 6.07) is 4.76. The van der Waals surface area contributed by atoms with E-state index in [-0.39, 0.29) is 6.61 Å². The molecule has 1 aromatic heterocycles. The van der Waals surface area contributed by atoms with Crippen LogP contribution in [0.25, 0.3) is 0 Å². The SMILES string of the molecule is NNc1cccc(COCC(F)(F)F)n1. The highest BCUT2D eigenvalue weighted by atomic mass is 19.4. The Morgan fingerprint density at radius 1 is 1.40 bits per heavy atom. The first kappa shape index (κ1) is 11.7. The quantitative estimate of drug-likeness (QED) is 0.596. The molecule has 0 spiro atoms. The molecule has 84 valence electrons. The van der Waals surface area contributed by atoms with Crippen LogP contribution in [0.2, 0.25) is 0 Å². The lowest BCUT2D eigenvalue weighted by Gasteiger charge is -2.07. The number of rotatable bonds is 4. The van der Waals surface area contributed by atoms with Crippen LogP contribution in [0, 0.1) is 0 Å². The molecule has 0 amide bonds. The fourth-order valence-corrected chi connectivity index (χ4v) is 0.912. The zero-order valence-corrected chi connectivity index (χ0v) is 7.71. The van der Waals surface area contributed by atoms with Crippen LogP contribution >= 0.6 is 0 Å². The Balaban J connectivity index is 2.44. The predicted octanol–water partition coefficient (Wildman–Crippen LogP) is 1.45. The normalized spacial score (nSPS) is 11.5. The fraction of sp³-hybridized carbons (Fsp3) is 0.375. The Morgan fingerprint density at radius 2 is 2.13 bits per heavy atom. The number of hydrogen-bond donors (Lipinski definition) is 2. The summed E-state index contributed by atoms with van der Waals surface area (Å²) in [6.07, 6.45) is -4.32. The van der Waals surface area contributed by atoms with Gasteiger partial charge in [-0.3, -0.25) is 0 Å². The fourth-order valence-electron chi connectivity index (χ4n) is 0.912. The van der Waals surface area contributed by atoms with Gasteiger partial charge in [-0.15, -0.1) is 0 Å². The minimum absolute atomic E-state index is 0.199. The lowest BCUT2D eigenvalue weighted by atomic mass is 10.3. The third-order valence-corrected chi connectivity index (χ3v) is 1.47. The van der Waals surface area contributed by atoms with Crippen molar-refractivity contribution >= 4 is 5.82 Å². The third-order valence-electron chi connectivity index (χ3n) is 1.47. The van der Waals surface area contributed by atoms with Crippen molar-refractivity contribution < 1.29 is 17.9 Å². The second-order valence-electron chi connectivity index (χ2n) is 2.77. The number of nitrogens with one attached hydrogen (secondary N) is 1. The minimum atomic E-state index is -4.32. The number of halogens is 3. The molecule has 0 saturated carbocycles. The van der Waals surface area contributed by atoms with Gasteiger partial charge in [-0.05, 0) is 12.1 Å². The van der Waals surface area contributed by atoms with Crippen molar-refractivity contribution in [2.24, 2.45) is 5.84 Å². The van der Waals surface area contributed by atoms with Crippen molar-refractivity contribution in [1.29, 1.82) is 0 Å². The van der Waals surface area contributed by atoms with Gasteiger partial charge in [0.05, 0.1) is 12.3 Å². The van der Waals surface area contributed by atoms with Crippen molar-refractivity contribution in [3.63, 3.8) is 0 Å². The number of hydrazine groups is 1. The molecule has 0 bridgehead atoms. The number of nitrogen functional groups attached to an aromatic ring is 1. The molecule has 0 aliphatic carbocycles. The van der Waals surface area contributed by atoms with Crippen molar-refractivity contribution in [3.05, 3.63) is 23.9 Å². The van der Waals surface area contributed by atoms with E-state index in [9.17, 15) is 13.2 Å². The van der Waals surface area contributed by atoms with E-state index in [2.05, 4.69) is 15.1 Å². The van der Waals surface area contributed by atoms with Crippen LogP contribution in [0.15, 0.2) is 18.2 Å². The summed E-state index contributed by atoms with van der Waals surface area (Å²) in [4.78, 5) is 3.88. The Labute approximate surface area is 84.2 Å². The molecule has 0 saturated heterocycles. The van der Waals surface area contributed by atoms with Crippen LogP contribution < -0.4 is 11.3 Å². The molecule has 0 aromatic carbocycles. The van der Waals surface area contributed by atoms with E-state index in [1.54, 1.807) is 18.2 Å². The number of ether oxygens (including phenoxy) is 1. The second kappa shape index (κ2) is 4.94. The van der Waals surface area contributed by atoms with Gasteiger partial charge in [0.1, 0.15) is 12.4 Å². The Morgan fingerprint density at radius 3 is 2.73 bits per heavy atom. The Bertz CT molecular complexity index is 316. The molecule has 0 aliphatic rings. The molecule has 0 aliphatic heterocycles. The van der Waals surface area contributed by atoms with E-state index in [1.165, 1.54) is 0 Å². The van der Waals surface area contributed by atoms with Gasteiger partial charge in [0.15, 0.2) is 0 Å². The maximum absolute atomic E-state index is 11.7. The van der Waals surface area contributed by atoms with E-state index >= 15 is 0 Å². The lowest BCUT2D eigenvalue weighted by molar-refractivity contribution is -0.176. The monoisotopic (exact) mass is 221 g/mol. The van der Waals surface area contributed by atoms with Crippen LogP contribution in [0.1, 0.15) is 5.69 Å². The van der Waals surface area contributed by atoms with Crippen LogP contribution in [0.3, 0.4) is 0 Å². The van der Waals surface area contributed by atoms with E-state index in [4.69, 9.17) is 5.84 Å². The van der Waals surface area contributed by atoms with Gasteiger partial charge in [-0.1, -0.05) is 6.07 Å². The number of nitrogens with two attached hydrogens (primary N) is 1. The molecule has 4 nitrogen and oxygen atoms in total. The summed E-state index contributed by atoms with van der Waals surface area (Å²) in [5, 5.41) is 0. The molecule has 1 rings (SSSR count). The predicted molar refractivity (Wildman–Crippen MR) is 47.8 cm³/mol. The van der Waals surface area contributed by atoms with Gasteiger partial charge in [-0.2, -0.15) is 13.2 Å². The molecular weight excluding hydrogens is 211 g/mol. The summed E-state index contributed by atoms with van der Waals surface area (Å²) in [7, 11) is 0. The van der Waals surface area contributed by atoms with Crippen LogP contribution in [0.5, 0.6) is 0 Å². The van der Waals surface area contributed by atoms with Gasteiger partial charge >= 0.3 is 6.18 Å². The molecule has 0 fully saturated rings. The third kappa shape index (κ3) is 4.61. The topological polar surface area (TPSA) is 60.2 Å². The standard InChI is InChI=1S/C8H10F3N3O/c9-8(10,11)5-15-4-6-2-1-3-7(13-6)14-12/h1-3H,4-5,12H2,(H,13,14). The first-order valence-corrected chi connectivity index (χ1v) is 4.08. The summed E-state index contributed by atoms with van der Waals surface area (Å²) < 4.78 is 39.6. The summed E-state index contributed by atoms with van der Waals surface area (Å²) in [5.41, 5.74) is 2.67. The van der Waals surface area contributed by atoms with Gasteiger partial charge < -0.3 is 10.2 Å². The molecule has 0 unspecified atom stereocenters. The van der Waals surface area contributed by atoms with Crippen LogP contribution in [0.4, 0.5) is 19.0 Å². The molecule has 7 heteroatoms. The zero-order chi connectivity index (χ0) is 11.3. The first-order chi connectivity index (χ1) is 7.01. The van der Waals surface area contributed by atoms with Crippen molar-refractivity contribution in [3.8, 4) is 0 Å². The van der Waals surface area contributed by atoms with Gasteiger partial charge in [0.2, 0.25) is 0 Å². The molecule has 3 N–H and O–H groups in total. The molecule has 15 heavy (non-hydrogen) atoms. The maximum Gasteiger partial charge on any atom is 0.411 e. The average Bonchev–Trinajstić information content (AvgIpc) is 2.16. The first-order valence-electron chi connectivity index (χ1n) is 4.08. The number of alkyl halides is 3. The largest absolute Gasteiger partial charge is 0.411 e. The van der Waals surface area contributed by atoms with E-state index in [0.29, 0.717) is 11.5 Å². The average molecular weight is 221 g/mol. The number of nitrogens with zero attached hydrogens (tertiary/aromatic N) is 1. The van der Waals surface area contributed by atoms with Crippen molar-refractivity contribution in [2.45, 2.75) is 12.8 Å². The van der Waals surface area contributed by atoms with E-state index < -0.39 is 12.8 Å². The highest BCUT2D eigenvalue weighted by molar-refractivity contribution is 5.33. The smallest absolute Gasteiger partial charge is 0.366 e. The Kier molecular flexibility index (Phi) is 3.87. The van der Waals surface area contributed by atoms with Crippen molar-refractivity contribution in [1.82, 2.24) is 4.98 Å². The van der Waals surface area contributed by atoms with Crippen molar-refractivity contribution in [2.75, 3.05) is 12.0 Å². The number of aromatic nitrogens is 1. The zero-order valence-electron chi connectivity index (χ0n) is 7.71. The molecular formula is C8H10F3N3O. The van der Waals surface area contributed by atoms with Crippen LogP contribution in [-0.4, -0.2) is 17.8 Å². The van der Waals surface area contributed by atoms with Gasteiger partial charge in [-0.25, -0.2) is 10.8 Å².